The number of hydrogen-bond donors (Lipinski definition) is 0. The molecule has 15 heavy (non-hydrogen) atoms. The lowest BCUT2D eigenvalue weighted by atomic mass is 10.4. The first-order chi connectivity index (χ1) is 7.26. The lowest BCUT2D eigenvalue weighted by Crippen LogP contribution is -2.32. The molecule has 0 aliphatic carbocycles. The summed E-state index contributed by atoms with van der Waals surface area (Å²) in [4.78, 5) is 12.9. The van der Waals surface area contributed by atoms with Crippen LogP contribution >= 0.6 is 0 Å². The Kier molecular flexibility index (Phi) is 8.47. The van der Waals surface area contributed by atoms with E-state index in [-0.39, 0.29) is 5.91 Å². The van der Waals surface area contributed by atoms with Crippen LogP contribution in [-0.2, 0) is 14.3 Å². The Morgan fingerprint density at radius 2 is 2.07 bits per heavy atom. The zero-order chi connectivity index (χ0) is 11.5. The van der Waals surface area contributed by atoms with Crippen LogP contribution in [0.4, 0.5) is 0 Å². The number of ether oxygens (including phenoxy) is 2. The maximum atomic E-state index is 11.2. The van der Waals surface area contributed by atoms with Crippen LogP contribution in [0.15, 0.2) is 25.5 Å². The van der Waals surface area contributed by atoms with Gasteiger partial charge in [0.2, 0.25) is 5.91 Å². The third-order valence-corrected chi connectivity index (χ3v) is 1.84. The lowest BCUT2D eigenvalue weighted by Gasteiger charge is -2.18. The summed E-state index contributed by atoms with van der Waals surface area (Å²) in [7, 11) is 0. The predicted octanol–water partition coefficient (Wildman–Crippen LogP) is 1.20. The number of carbonyl (C=O) groups excluding carboxylic acids is 1. The normalized spacial score (nSPS) is 9.40. The SMILES string of the molecule is C=COCCOCCN(CC)C(=O)C=C. The Morgan fingerprint density at radius 1 is 1.33 bits per heavy atom. The molecule has 0 spiro atoms. The van der Waals surface area contributed by atoms with E-state index in [0.29, 0.717) is 32.9 Å². The molecule has 1 amide bonds. The van der Waals surface area contributed by atoms with E-state index in [1.807, 2.05) is 6.92 Å². The minimum Gasteiger partial charge on any atom is -0.499 e. The van der Waals surface area contributed by atoms with Crippen molar-refractivity contribution >= 4 is 5.91 Å². The lowest BCUT2D eigenvalue weighted by molar-refractivity contribution is -0.126. The molecule has 0 radical (unpaired) electrons. The Balaban J connectivity index is 3.50. The number of carbonyl (C=O) groups is 1. The van der Waals surface area contributed by atoms with Gasteiger partial charge >= 0.3 is 0 Å². The molecule has 0 aromatic carbocycles. The highest BCUT2D eigenvalue weighted by molar-refractivity contribution is 5.86. The quantitative estimate of drug-likeness (QED) is 0.328. The van der Waals surface area contributed by atoms with Crippen LogP contribution in [-0.4, -0.2) is 43.7 Å². The van der Waals surface area contributed by atoms with Crippen molar-refractivity contribution in [2.45, 2.75) is 6.92 Å². The maximum Gasteiger partial charge on any atom is 0.246 e. The minimum atomic E-state index is -0.0663. The van der Waals surface area contributed by atoms with Crippen LogP contribution in [0.5, 0.6) is 0 Å². The van der Waals surface area contributed by atoms with Crippen molar-refractivity contribution in [3.05, 3.63) is 25.5 Å². The summed E-state index contributed by atoms with van der Waals surface area (Å²) in [5.41, 5.74) is 0. The predicted molar refractivity (Wildman–Crippen MR) is 59.4 cm³/mol. The fourth-order valence-electron chi connectivity index (χ4n) is 1.02. The first-order valence-corrected chi connectivity index (χ1v) is 4.97. The largest absolute Gasteiger partial charge is 0.499 e. The molecule has 0 N–H and O–H groups in total. The van der Waals surface area contributed by atoms with Crippen LogP contribution < -0.4 is 0 Å². The van der Waals surface area contributed by atoms with Crippen molar-refractivity contribution in [1.29, 1.82) is 0 Å². The summed E-state index contributed by atoms with van der Waals surface area (Å²) in [6.07, 6.45) is 2.69. The second kappa shape index (κ2) is 9.27. The minimum absolute atomic E-state index is 0.0663. The third-order valence-electron chi connectivity index (χ3n) is 1.84. The molecule has 0 heterocycles. The molecule has 0 bridgehead atoms. The Bertz CT molecular complexity index is 204. The molecule has 4 nitrogen and oxygen atoms in total. The molecule has 0 aliphatic heterocycles. The van der Waals surface area contributed by atoms with Crippen molar-refractivity contribution in [3.8, 4) is 0 Å². The fraction of sp³-hybridized carbons (Fsp3) is 0.545. The van der Waals surface area contributed by atoms with Gasteiger partial charge in [0, 0.05) is 13.1 Å². The first kappa shape index (κ1) is 13.7. The summed E-state index contributed by atoms with van der Waals surface area (Å²) in [6, 6.07) is 0. The average molecular weight is 213 g/mol. The van der Waals surface area contributed by atoms with Crippen LogP contribution in [0.25, 0.3) is 0 Å². The van der Waals surface area contributed by atoms with Crippen molar-refractivity contribution in [2.75, 3.05) is 32.9 Å². The molecule has 0 rings (SSSR count). The zero-order valence-corrected chi connectivity index (χ0v) is 9.28. The molecule has 0 fully saturated rings. The van der Waals surface area contributed by atoms with Gasteiger partial charge in [0.15, 0.2) is 0 Å². The second-order valence-corrected chi connectivity index (χ2v) is 2.77. The van der Waals surface area contributed by atoms with E-state index in [9.17, 15) is 4.79 Å². The van der Waals surface area contributed by atoms with Crippen LogP contribution in [0.1, 0.15) is 6.92 Å². The molecule has 0 aliphatic rings. The summed E-state index contributed by atoms with van der Waals surface area (Å²) >= 11 is 0. The fourth-order valence-corrected chi connectivity index (χ4v) is 1.02. The Morgan fingerprint density at radius 3 is 2.60 bits per heavy atom. The van der Waals surface area contributed by atoms with E-state index < -0.39 is 0 Å². The Hall–Kier alpha value is -1.29. The molecule has 0 saturated carbocycles. The van der Waals surface area contributed by atoms with Gasteiger partial charge in [-0.15, -0.1) is 0 Å². The van der Waals surface area contributed by atoms with Gasteiger partial charge < -0.3 is 14.4 Å². The van der Waals surface area contributed by atoms with Crippen molar-refractivity contribution in [2.24, 2.45) is 0 Å². The summed E-state index contributed by atoms with van der Waals surface area (Å²) in [5.74, 6) is -0.0663. The van der Waals surface area contributed by atoms with E-state index in [0.717, 1.165) is 0 Å². The monoisotopic (exact) mass is 213 g/mol. The summed E-state index contributed by atoms with van der Waals surface area (Å²) in [5, 5.41) is 0. The third kappa shape index (κ3) is 6.74. The standard InChI is InChI=1S/C11H19NO3/c1-4-11(13)12(5-2)7-8-15-10-9-14-6-3/h4,6H,1,3,5,7-10H2,2H3. The average Bonchev–Trinajstić information content (AvgIpc) is 2.27. The molecule has 86 valence electrons. The smallest absolute Gasteiger partial charge is 0.246 e. The van der Waals surface area contributed by atoms with Gasteiger partial charge in [0.1, 0.15) is 6.61 Å². The molecule has 0 aromatic heterocycles. The van der Waals surface area contributed by atoms with Crippen molar-refractivity contribution in [3.63, 3.8) is 0 Å². The molecule has 0 saturated heterocycles. The molecular formula is C11H19NO3. The topological polar surface area (TPSA) is 38.8 Å². The highest BCUT2D eigenvalue weighted by Crippen LogP contribution is 1.91. The maximum absolute atomic E-state index is 11.2. The van der Waals surface area contributed by atoms with Gasteiger partial charge in [-0.25, -0.2) is 0 Å². The number of likely N-dealkylation sites (N-methyl/N-ethyl adjacent to an activating group) is 1. The second-order valence-electron chi connectivity index (χ2n) is 2.77. The van der Waals surface area contributed by atoms with E-state index in [4.69, 9.17) is 9.47 Å². The van der Waals surface area contributed by atoms with Gasteiger partial charge in [-0.2, -0.15) is 0 Å². The molecular weight excluding hydrogens is 194 g/mol. The van der Waals surface area contributed by atoms with Crippen LogP contribution in [0, 0.1) is 0 Å². The zero-order valence-electron chi connectivity index (χ0n) is 9.28. The highest BCUT2D eigenvalue weighted by Gasteiger charge is 2.06. The van der Waals surface area contributed by atoms with Gasteiger partial charge in [-0.3, -0.25) is 4.79 Å². The van der Waals surface area contributed by atoms with E-state index in [2.05, 4.69) is 13.2 Å². The molecule has 0 aromatic rings. The van der Waals surface area contributed by atoms with Gasteiger partial charge in [-0.1, -0.05) is 13.2 Å². The van der Waals surface area contributed by atoms with Gasteiger partial charge in [-0.05, 0) is 13.0 Å². The van der Waals surface area contributed by atoms with Crippen molar-refractivity contribution in [1.82, 2.24) is 4.90 Å². The molecule has 0 atom stereocenters. The number of hydrogen-bond acceptors (Lipinski definition) is 3. The first-order valence-electron chi connectivity index (χ1n) is 4.97. The highest BCUT2D eigenvalue weighted by atomic mass is 16.5. The number of rotatable bonds is 9. The van der Waals surface area contributed by atoms with Gasteiger partial charge in [0.05, 0.1) is 19.5 Å². The molecule has 4 heteroatoms. The summed E-state index contributed by atoms with van der Waals surface area (Å²) < 4.78 is 10.1. The van der Waals surface area contributed by atoms with E-state index >= 15 is 0 Å². The van der Waals surface area contributed by atoms with E-state index in [1.165, 1.54) is 12.3 Å². The van der Waals surface area contributed by atoms with Gasteiger partial charge in [0.25, 0.3) is 0 Å². The summed E-state index contributed by atoms with van der Waals surface area (Å²) in [6.45, 7) is 11.5. The number of amides is 1. The Labute approximate surface area is 91.2 Å². The van der Waals surface area contributed by atoms with Crippen molar-refractivity contribution < 1.29 is 14.3 Å². The van der Waals surface area contributed by atoms with Crippen LogP contribution in [0.2, 0.25) is 0 Å². The van der Waals surface area contributed by atoms with E-state index in [1.54, 1.807) is 4.90 Å². The molecule has 0 unspecified atom stereocenters. The number of nitrogens with zero attached hydrogens (tertiary/aromatic N) is 1. The van der Waals surface area contributed by atoms with Crippen LogP contribution in [0.3, 0.4) is 0 Å².